The fraction of sp³-hybridized carbons (Fsp3) is 0.182. The number of benzene rings is 1. The standard InChI is InChI=1S/C11H10BrNO/c12-7-6-10-8-14-11(13-10)9-4-2-1-3-5-9/h1-5,8H,6-7H2. The van der Waals surface area contributed by atoms with Crippen molar-refractivity contribution in [1.82, 2.24) is 4.98 Å². The van der Waals surface area contributed by atoms with Gasteiger partial charge in [0.05, 0.1) is 5.69 Å². The van der Waals surface area contributed by atoms with E-state index in [1.807, 2.05) is 30.3 Å². The number of aryl methyl sites for hydroxylation is 1. The minimum Gasteiger partial charge on any atom is -0.444 e. The third-order valence-corrected chi connectivity index (χ3v) is 2.32. The van der Waals surface area contributed by atoms with Crippen LogP contribution >= 0.6 is 15.9 Å². The Kier molecular flexibility index (Phi) is 2.99. The third-order valence-electron chi connectivity index (χ3n) is 1.92. The van der Waals surface area contributed by atoms with Crippen LogP contribution in [0.15, 0.2) is 41.0 Å². The lowest BCUT2D eigenvalue weighted by Crippen LogP contribution is -1.85. The highest BCUT2D eigenvalue weighted by Gasteiger charge is 2.04. The van der Waals surface area contributed by atoms with E-state index in [4.69, 9.17) is 4.42 Å². The van der Waals surface area contributed by atoms with Crippen molar-refractivity contribution < 1.29 is 4.42 Å². The summed E-state index contributed by atoms with van der Waals surface area (Å²) in [5.74, 6) is 0.696. The smallest absolute Gasteiger partial charge is 0.226 e. The van der Waals surface area contributed by atoms with E-state index >= 15 is 0 Å². The van der Waals surface area contributed by atoms with Gasteiger partial charge in [-0.05, 0) is 12.1 Å². The number of nitrogens with zero attached hydrogens (tertiary/aromatic N) is 1. The van der Waals surface area contributed by atoms with Crippen molar-refractivity contribution in [3.63, 3.8) is 0 Å². The molecule has 2 rings (SSSR count). The molecule has 0 N–H and O–H groups in total. The Morgan fingerprint density at radius 1 is 1.21 bits per heavy atom. The van der Waals surface area contributed by atoms with Crippen LogP contribution in [-0.2, 0) is 6.42 Å². The van der Waals surface area contributed by atoms with Gasteiger partial charge in [-0.2, -0.15) is 0 Å². The van der Waals surface area contributed by atoms with Crippen molar-refractivity contribution in [3.8, 4) is 11.5 Å². The van der Waals surface area contributed by atoms with Crippen molar-refractivity contribution in [1.29, 1.82) is 0 Å². The van der Waals surface area contributed by atoms with E-state index < -0.39 is 0 Å². The summed E-state index contributed by atoms with van der Waals surface area (Å²) in [6.45, 7) is 0. The zero-order valence-corrected chi connectivity index (χ0v) is 9.20. The molecule has 3 heteroatoms. The van der Waals surface area contributed by atoms with Crippen molar-refractivity contribution in [2.24, 2.45) is 0 Å². The molecule has 0 aliphatic heterocycles. The van der Waals surface area contributed by atoms with E-state index in [2.05, 4.69) is 20.9 Å². The molecular formula is C11H10BrNO. The van der Waals surface area contributed by atoms with Gasteiger partial charge in [0.2, 0.25) is 5.89 Å². The Bertz CT molecular complexity index is 397. The molecule has 0 bridgehead atoms. The summed E-state index contributed by atoms with van der Waals surface area (Å²) in [6, 6.07) is 9.91. The Morgan fingerprint density at radius 2 is 2.00 bits per heavy atom. The summed E-state index contributed by atoms with van der Waals surface area (Å²) in [5, 5.41) is 0.910. The molecule has 0 atom stereocenters. The van der Waals surface area contributed by atoms with Crippen molar-refractivity contribution in [2.45, 2.75) is 6.42 Å². The second-order valence-electron chi connectivity index (χ2n) is 2.95. The van der Waals surface area contributed by atoms with E-state index in [0.717, 1.165) is 23.0 Å². The molecule has 1 aromatic heterocycles. The molecule has 0 aliphatic rings. The summed E-state index contributed by atoms with van der Waals surface area (Å²) in [6.07, 6.45) is 2.61. The fourth-order valence-electron chi connectivity index (χ4n) is 1.23. The summed E-state index contributed by atoms with van der Waals surface area (Å²) in [7, 11) is 0. The van der Waals surface area contributed by atoms with Crippen LogP contribution < -0.4 is 0 Å². The molecule has 72 valence electrons. The third kappa shape index (κ3) is 2.04. The van der Waals surface area contributed by atoms with Crippen LogP contribution in [0.3, 0.4) is 0 Å². The van der Waals surface area contributed by atoms with E-state index in [9.17, 15) is 0 Å². The van der Waals surface area contributed by atoms with Crippen molar-refractivity contribution >= 4 is 15.9 Å². The van der Waals surface area contributed by atoms with Crippen LogP contribution in [0.4, 0.5) is 0 Å². The van der Waals surface area contributed by atoms with Gasteiger partial charge in [0, 0.05) is 17.3 Å². The van der Waals surface area contributed by atoms with Gasteiger partial charge in [0.1, 0.15) is 6.26 Å². The van der Waals surface area contributed by atoms with Crippen LogP contribution in [0, 0.1) is 0 Å². The highest BCUT2D eigenvalue weighted by Crippen LogP contribution is 2.18. The van der Waals surface area contributed by atoms with Crippen LogP contribution in [0.5, 0.6) is 0 Å². The molecule has 0 saturated carbocycles. The number of hydrogen-bond acceptors (Lipinski definition) is 2. The van der Waals surface area contributed by atoms with Gasteiger partial charge in [0.25, 0.3) is 0 Å². The lowest BCUT2D eigenvalue weighted by molar-refractivity contribution is 0.573. The number of aromatic nitrogens is 1. The van der Waals surface area contributed by atoms with Gasteiger partial charge in [-0.25, -0.2) is 4.98 Å². The van der Waals surface area contributed by atoms with Crippen molar-refractivity contribution in [2.75, 3.05) is 5.33 Å². The Morgan fingerprint density at radius 3 is 2.71 bits per heavy atom. The molecule has 0 fully saturated rings. The normalized spacial score (nSPS) is 10.4. The first kappa shape index (κ1) is 9.46. The predicted octanol–water partition coefficient (Wildman–Crippen LogP) is 3.28. The predicted molar refractivity (Wildman–Crippen MR) is 59.4 cm³/mol. The van der Waals surface area contributed by atoms with Crippen LogP contribution in [0.2, 0.25) is 0 Å². The highest BCUT2D eigenvalue weighted by atomic mass is 79.9. The molecule has 0 spiro atoms. The van der Waals surface area contributed by atoms with E-state index in [0.29, 0.717) is 5.89 Å². The van der Waals surface area contributed by atoms with E-state index in [1.54, 1.807) is 6.26 Å². The summed E-state index contributed by atoms with van der Waals surface area (Å²) in [4.78, 5) is 4.37. The maximum atomic E-state index is 5.37. The SMILES string of the molecule is BrCCc1coc(-c2ccccc2)n1. The molecule has 0 amide bonds. The van der Waals surface area contributed by atoms with Crippen molar-refractivity contribution in [3.05, 3.63) is 42.3 Å². The number of alkyl halides is 1. The van der Waals surface area contributed by atoms with Gasteiger partial charge in [-0.3, -0.25) is 0 Å². The Hall–Kier alpha value is -1.09. The van der Waals surface area contributed by atoms with Gasteiger partial charge >= 0.3 is 0 Å². The van der Waals surface area contributed by atoms with Crippen LogP contribution in [0.1, 0.15) is 5.69 Å². The minimum atomic E-state index is 0.696. The molecule has 2 aromatic rings. The van der Waals surface area contributed by atoms with Crippen LogP contribution in [-0.4, -0.2) is 10.3 Å². The van der Waals surface area contributed by atoms with Gasteiger partial charge in [0.15, 0.2) is 0 Å². The maximum Gasteiger partial charge on any atom is 0.226 e. The van der Waals surface area contributed by atoms with Gasteiger partial charge in [-0.1, -0.05) is 34.1 Å². The van der Waals surface area contributed by atoms with Crippen LogP contribution in [0.25, 0.3) is 11.5 Å². The minimum absolute atomic E-state index is 0.696. The average Bonchev–Trinajstić information content (AvgIpc) is 2.68. The Balaban J connectivity index is 2.25. The zero-order chi connectivity index (χ0) is 9.80. The number of hydrogen-bond donors (Lipinski definition) is 0. The fourth-order valence-corrected chi connectivity index (χ4v) is 1.64. The molecular weight excluding hydrogens is 242 g/mol. The number of rotatable bonds is 3. The first-order valence-electron chi connectivity index (χ1n) is 4.46. The largest absolute Gasteiger partial charge is 0.444 e. The molecule has 1 heterocycles. The molecule has 1 aromatic carbocycles. The van der Waals surface area contributed by atoms with Gasteiger partial charge in [-0.15, -0.1) is 0 Å². The Labute approximate surface area is 91.1 Å². The molecule has 0 aliphatic carbocycles. The summed E-state index contributed by atoms with van der Waals surface area (Å²) >= 11 is 3.37. The van der Waals surface area contributed by atoms with E-state index in [-0.39, 0.29) is 0 Å². The lowest BCUT2D eigenvalue weighted by atomic mass is 10.2. The number of oxazole rings is 1. The monoisotopic (exact) mass is 251 g/mol. The average molecular weight is 252 g/mol. The van der Waals surface area contributed by atoms with E-state index in [1.165, 1.54) is 0 Å². The first-order chi connectivity index (χ1) is 6.90. The molecule has 14 heavy (non-hydrogen) atoms. The van der Waals surface area contributed by atoms with Gasteiger partial charge < -0.3 is 4.42 Å². The second-order valence-corrected chi connectivity index (χ2v) is 3.74. The zero-order valence-electron chi connectivity index (χ0n) is 7.61. The lowest BCUT2D eigenvalue weighted by Gasteiger charge is -1.92. The summed E-state index contributed by atoms with van der Waals surface area (Å²) < 4.78 is 5.37. The second kappa shape index (κ2) is 4.42. The number of halogens is 1. The summed E-state index contributed by atoms with van der Waals surface area (Å²) in [5.41, 5.74) is 2.01. The maximum absolute atomic E-state index is 5.37. The quantitative estimate of drug-likeness (QED) is 0.783. The molecule has 0 saturated heterocycles. The first-order valence-corrected chi connectivity index (χ1v) is 5.58. The molecule has 2 nitrogen and oxygen atoms in total. The topological polar surface area (TPSA) is 26.0 Å². The molecule has 0 unspecified atom stereocenters. The molecule has 0 radical (unpaired) electrons. The highest BCUT2D eigenvalue weighted by molar-refractivity contribution is 9.09.